The highest BCUT2D eigenvalue weighted by Crippen LogP contribution is 2.26. The fraction of sp³-hybridized carbons (Fsp3) is 0.412. The molecule has 2 heterocycles. The lowest BCUT2D eigenvalue weighted by Crippen LogP contribution is -2.27. The second-order valence-corrected chi connectivity index (χ2v) is 7.02. The van der Waals surface area contributed by atoms with E-state index in [0.29, 0.717) is 0 Å². The number of H-pyrrole nitrogens is 1. The molecule has 0 bridgehead atoms. The van der Waals surface area contributed by atoms with Crippen molar-refractivity contribution in [2.45, 2.75) is 19.9 Å². The first kappa shape index (κ1) is 16.9. The van der Waals surface area contributed by atoms with E-state index >= 15 is 0 Å². The van der Waals surface area contributed by atoms with Gasteiger partial charge in [0.1, 0.15) is 0 Å². The summed E-state index contributed by atoms with van der Waals surface area (Å²) in [5.41, 5.74) is 2.60. The van der Waals surface area contributed by atoms with Gasteiger partial charge in [0.25, 0.3) is 0 Å². The van der Waals surface area contributed by atoms with Crippen molar-refractivity contribution in [3.05, 3.63) is 38.8 Å². The molecule has 1 fully saturated rings. The number of hydrogen-bond acceptors (Lipinski definition) is 5. The van der Waals surface area contributed by atoms with E-state index in [1.165, 1.54) is 18.3 Å². The van der Waals surface area contributed by atoms with Crippen molar-refractivity contribution < 1.29 is 4.79 Å². The van der Waals surface area contributed by atoms with Gasteiger partial charge in [-0.2, -0.15) is 0 Å². The second kappa shape index (κ2) is 7.74. The van der Waals surface area contributed by atoms with Crippen LogP contribution >= 0.6 is 11.3 Å². The number of nitrogens with one attached hydrogen (secondary N) is 3. The first-order valence-electron chi connectivity index (χ1n) is 8.15. The van der Waals surface area contributed by atoms with Crippen LogP contribution in [-0.4, -0.2) is 42.0 Å². The zero-order valence-electron chi connectivity index (χ0n) is 13.7. The molecule has 0 atom stereocenters. The summed E-state index contributed by atoms with van der Waals surface area (Å²) in [6.45, 7) is 6.34. The second-order valence-electron chi connectivity index (χ2n) is 5.95. The van der Waals surface area contributed by atoms with Gasteiger partial charge in [-0.05, 0) is 37.2 Å². The van der Waals surface area contributed by atoms with Crippen LogP contribution in [0.15, 0.2) is 29.1 Å². The van der Waals surface area contributed by atoms with Crippen LogP contribution in [0.5, 0.6) is 0 Å². The Morgan fingerprint density at radius 1 is 1.25 bits per heavy atom. The van der Waals surface area contributed by atoms with Gasteiger partial charge in [-0.3, -0.25) is 14.5 Å². The van der Waals surface area contributed by atoms with Crippen LogP contribution in [0.2, 0.25) is 0 Å². The third kappa shape index (κ3) is 4.31. The van der Waals surface area contributed by atoms with E-state index in [9.17, 15) is 9.59 Å². The van der Waals surface area contributed by atoms with E-state index in [1.54, 1.807) is 0 Å². The molecule has 7 heteroatoms. The minimum absolute atomic E-state index is 0.0288. The van der Waals surface area contributed by atoms with E-state index in [-0.39, 0.29) is 10.8 Å². The number of amides is 1. The highest BCUT2D eigenvalue weighted by atomic mass is 32.1. The highest BCUT2D eigenvalue weighted by molar-refractivity contribution is 7.09. The molecule has 1 aromatic heterocycles. The Morgan fingerprint density at radius 3 is 2.79 bits per heavy atom. The van der Waals surface area contributed by atoms with Crippen LogP contribution in [0.4, 0.5) is 5.69 Å². The topological polar surface area (TPSA) is 77.2 Å². The van der Waals surface area contributed by atoms with E-state index in [4.69, 9.17) is 0 Å². The molecule has 0 unspecified atom stereocenters. The third-order valence-electron chi connectivity index (χ3n) is 4.02. The van der Waals surface area contributed by atoms with Crippen molar-refractivity contribution in [1.82, 2.24) is 15.2 Å². The molecule has 0 aliphatic carbocycles. The maximum atomic E-state index is 11.9. The summed E-state index contributed by atoms with van der Waals surface area (Å²) in [5, 5.41) is 6.15. The number of aromatic amines is 1. The largest absolute Gasteiger partial charge is 0.326 e. The SMILES string of the molecule is CC(=O)Nc1ccc(-c2[nH]c(=O)sc2CN2CCCNCC2)cc1. The lowest BCUT2D eigenvalue weighted by molar-refractivity contribution is -0.114. The van der Waals surface area contributed by atoms with Gasteiger partial charge < -0.3 is 15.6 Å². The van der Waals surface area contributed by atoms with Crippen LogP contribution in [0.25, 0.3) is 11.3 Å². The van der Waals surface area contributed by atoms with Crippen LogP contribution in [0.3, 0.4) is 0 Å². The zero-order chi connectivity index (χ0) is 16.9. The first-order valence-corrected chi connectivity index (χ1v) is 8.96. The number of aromatic nitrogens is 1. The average molecular weight is 346 g/mol. The Bertz CT molecular complexity index is 743. The summed E-state index contributed by atoms with van der Waals surface area (Å²) >= 11 is 1.28. The summed E-state index contributed by atoms with van der Waals surface area (Å²) in [6, 6.07) is 7.56. The van der Waals surface area contributed by atoms with Crippen molar-refractivity contribution in [1.29, 1.82) is 0 Å². The van der Waals surface area contributed by atoms with Gasteiger partial charge in [-0.25, -0.2) is 0 Å². The van der Waals surface area contributed by atoms with E-state index in [1.807, 2.05) is 24.3 Å². The van der Waals surface area contributed by atoms with Gasteiger partial charge in [0.15, 0.2) is 0 Å². The van der Waals surface area contributed by atoms with E-state index in [2.05, 4.69) is 20.5 Å². The standard InChI is InChI=1S/C17H22N4O2S/c1-12(22)19-14-5-3-13(4-6-14)16-15(24-17(23)20-16)11-21-9-2-7-18-8-10-21/h3-6,18H,2,7-11H2,1H3,(H,19,22)(H,20,23). The number of rotatable bonds is 4. The summed E-state index contributed by atoms with van der Waals surface area (Å²) in [7, 11) is 0. The number of carbonyl (C=O) groups excluding carboxylic acids is 1. The van der Waals surface area contributed by atoms with Gasteiger partial charge in [0.05, 0.1) is 5.69 Å². The Balaban J connectivity index is 1.80. The maximum Gasteiger partial charge on any atom is 0.305 e. The minimum atomic E-state index is -0.0952. The molecule has 6 nitrogen and oxygen atoms in total. The Kier molecular flexibility index (Phi) is 5.44. The summed E-state index contributed by atoms with van der Waals surface area (Å²) in [4.78, 5) is 29.4. The molecule has 0 radical (unpaired) electrons. The predicted octanol–water partition coefficient (Wildman–Crippen LogP) is 1.86. The first-order chi connectivity index (χ1) is 11.6. The Hall–Kier alpha value is -1.96. The van der Waals surface area contributed by atoms with Gasteiger partial charge in [0.2, 0.25) is 5.91 Å². The van der Waals surface area contributed by atoms with Crippen LogP contribution < -0.4 is 15.5 Å². The molecule has 2 aromatic rings. The van der Waals surface area contributed by atoms with Crippen molar-refractivity contribution >= 4 is 22.9 Å². The number of carbonyl (C=O) groups is 1. The molecule has 24 heavy (non-hydrogen) atoms. The molecule has 0 spiro atoms. The van der Waals surface area contributed by atoms with Crippen LogP contribution in [-0.2, 0) is 11.3 Å². The van der Waals surface area contributed by atoms with Gasteiger partial charge >= 0.3 is 4.87 Å². The normalized spacial score (nSPS) is 15.9. The fourth-order valence-electron chi connectivity index (χ4n) is 2.89. The lowest BCUT2D eigenvalue weighted by atomic mass is 10.1. The van der Waals surface area contributed by atoms with Crippen LogP contribution in [0.1, 0.15) is 18.2 Å². The average Bonchev–Trinajstić information content (AvgIpc) is 2.74. The molecule has 128 valence electrons. The maximum absolute atomic E-state index is 11.9. The van der Waals surface area contributed by atoms with Gasteiger partial charge in [0, 0.05) is 37.1 Å². The number of nitrogens with zero attached hydrogens (tertiary/aromatic N) is 1. The molecule has 3 N–H and O–H groups in total. The number of hydrogen-bond donors (Lipinski definition) is 3. The molecule has 1 aromatic carbocycles. The van der Waals surface area contributed by atoms with Crippen molar-refractivity contribution in [3.8, 4) is 11.3 Å². The Labute approximate surface area is 144 Å². The Morgan fingerprint density at radius 2 is 2.04 bits per heavy atom. The molecule has 1 aliphatic rings. The smallest absolute Gasteiger partial charge is 0.305 e. The fourth-order valence-corrected chi connectivity index (χ4v) is 3.79. The molecule has 0 saturated carbocycles. The monoisotopic (exact) mass is 346 g/mol. The molecule has 1 amide bonds. The van der Waals surface area contributed by atoms with Crippen molar-refractivity contribution in [2.24, 2.45) is 0 Å². The lowest BCUT2D eigenvalue weighted by Gasteiger charge is -2.19. The number of anilines is 1. The number of benzene rings is 1. The van der Waals surface area contributed by atoms with Crippen LogP contribution in [0, 0.1) is 0 Å². The highest BCUT2D eigenvalue weighted by Gasteiger charge is 2.15. The molecule has 3 rings (SSSR count). The molecular weight excluding hydrogens is 324 g/mol. The van der Waals surface area contributed by atoms with E-state index < -0.39 is 0 Å². The number of thiazole rings is 1. The predicted molar refractivity (Wildman–Crippen MR) is 97.4 cm³/mol. The molecule has 1 saturated heterocycles. The summed E-state index contributed by atoms with van der Waals surface area (Å²) < 4.78 is 0. The quantitative estimate of drug-likeness (QED) is 0.790. The van der Waals surface area contributed by atoms with Crippen molar-refractivity contribution in [3.63, 3.8) is 0 Å². The van der Waals surface area contributed by atoms with Gasteiger partial charge in [-0.15, -0.1) is 0 Å². The van der Waals surface area contributed by atoms with Crippen molar-refractivity contribution in [2.75, 3.05) is 31.5 Å². The third-order valence-corrected chi connectivity index (χ3v) is 4.88. The molecular formula is C17H22N4O2S. The summed E-state index contributed by atoms with van der Waals surface area (Å²) in [6.07, 6.45) is 1.13. The molecule has 1 aliphatic heterocycles. The zero-order valence-corrected chi connectivity index (χ0v) is 14.5. The van der Waals surface area contributed by atoms with E-state index in [0.717, 1.165) is 61.0 Å². The summed E-state index contributed by atoms with van der Waals surface area (Å²) in [5.74, 6) is -0.0952. The van der Waals surface area contributed by atoms with Gasteiger partial charge in [-0.1, -0.05) is 23.5 Å². The minimum Gasteiger partial charge on any atom is -0.326 e.